The van der Waals surface area contributed by atoms with Gasteiger partial charge in [-0.3, -0.25) is 14.6 Å². The van der Waals surface area contributed by atoms with Crippen LogP contribution in [0.15, 0.2) is 10.9 Å². The monoisotopic (exact) mass is 344 g/mol. The molecule has 0 fully saturated rings. The lowest BCUT2D eigenvalue weighted by atomic mass is 10.1. The van der Waals surface area contributed by atoms with Crippen molar-refractivity contribution < 1.29 is 4.79 Å². The first-order valence-electron chi connectivity index (χ1n) is 8.40. The number of thiophene rings is 1. The average Bonchev–Trinajstić information content (AvgIpc) is 2.84. The number of anilines is 1. The van der Waals surface area contributed by atoms with E-state index >= 15 is 0 Å². The number of carbonyl (C=O) groups is 1. The van der Waals surface area contributed by atoms with Crippen LogP contribution in [0.1, 0.15) is 50.6 Å². The van der Waals surface area contributed by atoms with Gasteiger partial charge in [-0.25, -0.2) is 4.98 Å². The summed E-state index contributed by atoms with van der Waals surface area (Å²) in [6.45, 7) is 0.897. The van der Waals surface area contributed by atoms with Crippen LogP contribution in [0.3, 0.4) is 0 Å². The maximum Gasteiger partial charge on any atom is 0.264 e. The number of aromatic nitrogens is 2. The average molecular weight is 344 g/mol. The second kappa shape index (κ2) is 6.05. The Morgan fingerprint density at radius 3 is 2.96 bits per heavy atom. The van der Waals surface area contributed by atoms with Crippen LogP contribution in [0.2, 0.25) is 0 Å². The minimum atomic E-state index is -0.188. The van der Waals surface area contributed by atoms with Crippen LogP contribution in [-0.2, 0) is 25.8 Å². The predicted octanol–water partition coefficient (Wildman–Crippen LogP) is 1.88. The molecule has 1 aliphatic heterocycles. The molecule has 3 heterocycles. The molecule has 24 heavy (non-hydrogen) atoms. The Bertz CT molecular complexity index is 831. The maximum atomic E-state index is 12.9. The van der Waals surface area contributed by atoms with Crippen LogP contribution in [0, 0.1) is 0 Å². The Morgan fingerprint density at radius 1 is 1.25 bits per heavy atom. The second-order valence-electron chi connectivity index (χ2n) is 6.47. The standard InChI is InChI=1S/C17H20N4O2S/c18-17-19-12-9-21(7-6-11(12)15(22)20-17)16(23)14-8-10-4-2-1-3-5-13(10)24-14/h8H,1-7,9H2,(H3,18,19,20,22). The van der Waals surface area contributed by atoms with Crippen molar-refractivity contribution in [1.82, 2.24) is 14.9 Å². The van der Waals surface area contributed by atoms with Crippen LogP contribution in [0.25, 0.3) is 0 Å². The lowest BCUT2D eigenvalue weighted by molar-refractivity contribution is 0.0736. The van der Waals surface area contributed by atoms with E-state index in [1.807, 2.05) is 0 Å². The number of H-pyrrole nitrogens is 1. The molecule has 0 bridgehead atoms. The number of nitrogens with one attached hydrogen (secondary N) is 1. The zero-order valence-corrected chi connectivity index (χ0v) is 14.2. The van der Waals surface area contributed by atoms with Gasteiger partial charge >= 0.3 is 0 Å². The Labute approximate surface area is 143 Å². The summed E-state index contributed by atoms with van der Waals surface area (Å²) >= 11 is 1.63. The van der Waals surface area contributed by atoms with E-state index in [2.05, 4.69) is 16.0 Å². The smallest absolute Gasteiger partial charge is 0.264 e. The summed E-state index contributed by atoms with van der Waals surface area (Å²) in [7, 11) is 0. The molecular weight excluding hydrogens is 324 g/mol. The van der Waals surface area contributed by atoms with Gasteiger partial charge in [0.05, 0.1) is 17.1 Å². The summed E-state index contributed by atoms with van der Waals surface area (Å²) in [6.07, 6.45) is 6.38. The van der Waals surface area contributed by atoms with Gasteiger partial charge in [0.1, 0.15) is 0 Å². The highest BCUT2D eigenvalue weighted by molar-refractivity contribution is 7.14. The van der Waals surface area contributed by atoms with E-state index in [1.165, 1.54) is 29.7 Å². The number of aromatic amines is 1. The summed E-state index contributed by atoms with van der Waals surface area (Å²) in [6, 6.07) is 2.07. The number of aryl methyl sites for hydroxylation is 2. The summed E-state index contributed by atoms with van der Waals surface area (Å²) in [5.41, 5.74) is 8.05. The maximum absolute atomic E-state index is 12.9. The fourth-order valence-electron chi connectivity index (χ4n) is 3.56. The van der Waals surface area contributed by atoms with Gasteiger partial charge < -0.3 is 10.6 Å². The number of nitrogens with zero attached hydrogens (tertiary/aromatic N) is 2. The third-order valence-corrected chi connectivity index (χ3v) is 6.06. The summed E-state index contributed by atoms with van der Waals surface area (Å²) in [5.74, 6) is 0.148. The number of nitrogen functional groups attached to an aromatic ring is 1. The molecule has 0 saturated heterocycles. The molecule has 0 unspecified atom stereocenters. The van der Waals surface area contributed by atoms with Crippen molar-refractivity contribution in [2.75, 3.05) is 12.3 Å². The lowest BCUT2D eigenvalue weighted by Gasteiger charge is -2.27. The van der Waals surface area contributed by atoms with Crippen molar-refractivity contribution in [2.24, 2.45) is 0 Å². The van der Waals surface area contributed by atoms with E-state index in [0.29, 0.717) is 30.8 Å². The van der Waals surface area contributed by atoms with E-state index < -0.39 is 0 Å². The Kier molecular flexibility index (Phi) is 3.88. The highest BCUT2D eigenvalue weighted by Crippen LogP contribution is 2.30. The van der Waals surface area contributed by atoms with Gasteiger partial charge in [0, 0.05) is 17.0 Å². The zero-order valence-electron chi connectivity index (χ0n) is 13.4. The van der Waals surface area contributed by atoms with Gasteiger partial charge in [-0.15, -0.1) is 11.3 Å². The van der Waals surface area contributed by atoms with Gasteiger partial charge in [-0.1, -0.05) is 6.42 Å². The SMILES string of the molecule is Nc1nc2c(c(=O)[nH]1)CCN(C(=O)c1cc3c(s1)CCCCC3)C2. The fourth-order valence-corrected chi connectivity index (χ4v) is 4.78. The molecule has 126 valence electrons. The molecule has 4 rings (SSSR count). The predicted molar refractivity (Wildman–Crippen MR) is 93.3 cm³/mol. The molecule has 2 aliphatic rings. The molecule has 0 saturated carbocycles. The highest BCUT2D eigenvalue weighted by atomic mass is 32.1. The van der Waals surface area contributed by atoms with Crippen molar-refractivity contribution in [2.45, 2.75) is 45.1 Å². The highest BCUT2D eigenvalue weighted by Gasteiger charge is 2.26. The first-order chi connectivity index (χ1) is 11.6. The summed E-state index contributed by atoms with van der Waals surface area (Å²) in [4.78, 5) is 35.5. The van der Waals surface area contributed by atoms with Crippen LogP contribution in [0.4, 0.5) is 5.95 Å². The van der Waals surface area contributed by atoms with Gasteiger partial charge in [0.15, 0.2) is 0 Å². The molecule has 0 aromatic carbocycles. The van der Waals surface area contributed by atoms with Gasteiger partial charge in [-0.2, -0.15) is 0 Å². The first-order valence-corrected chi connectivity index (χ1v) is 9.22. The number of rotatable bonds is 1. The molecule has 0 atom stereocenters. The number of carbonyl (C=O) groups excluding carboxylic acids is 1. The molecule has 0 spiro atoms. The largest absolute Gasteiger partial charge is 0.369 e. The van der Waals surface area contributed by atoms with Crippen LogP contribution in [0.5, 0.6) is 0 Å². The minimum absolute atomic E-state index is 0.0411. The lowest BCUT2D eigenvalue weighted by Crippen LogP contribution is -2.39. The molecule has 6 nitrogen and oxygen atoms in total. The number of hydrogen-bond donors (Lipinski definition) is 2. The third kappa shape index (κ3) is 2.73. The van der Waals surface area contributed by atoms with Crippen LogP contribution >= 0.6 is 11.3 Å². The zero-order chi connectivity index (χ0) is 16.7. The van der Waals surface area contributed by atoms with Crippen molar-refractivity contribution in [1.29, 1.82) is 0 Å². The number of hydrogen-bond acceptors (Lipinski definition) is 5. The van der Waals surface area contributed by atoms with E-state index in [1.54, 1.807) is 16.2 Å². The van der Waals surface area contributed by atoms with Crippen molar-refractivity contribution >= 4 is 23.2 Å². The molecule has 2 aromatic rings. The van der Waals surface area contributed by atoms with Crippen LogP contribution in [-0.4, -0.2) is 27.3 Å². The van der Waals surface area contributed by atoms with Crippen molar-refractivity contribution in [3.05, 3.63) is 43.0 Å². The number of fused-ring (bicyclic) bond motifs is 2. The van der Waals surface area contributed by atoms with Gasteiger partial charge in [0.25, 0.3) is 11.5 Å². The fraction of sp³-hybridized carbons (Fsp3) is 0.471. The van der Waals surface area contributed by atoms with Gasteiger partial charge in [-0.05, 0) is 43.7 Å². The molecule has 3 N–H and O–H groups in total. The Balaban J connectivity index is 1.58. The summed E-state index contributed by atoms with van der Waals surface area (Å²) < 4.78 is 0. The van der Waals surface area contributed by atoms with E-state index in [4.69, 9.17) is 5.73 Å². The molecule has 2 aromatic heterocycles. The molecule has 1 amide bonds. The Morgan fingerprint density at radius 2 is 2.08 bits per heavy atom. The van der Waals surface area contributed by atoms with E-state index in [-0.39, 0.29) is 17.4 Å². The Hall–Kier alpha value is -2.15. The van der Waals surface area contributed by atoms with Crippen LogP contribution < -0.4 is 11.3 Å². The topological polar surface area (TPSA) is 92.1 Å². The third-order valence-electron chi connectivity index (χ3n) is 4.84. The normalized spacial score (nSPS) is 17.1. The van der Waals surface area contributed by atoms with E-state index in [9.17, 15) is 9.59 Å². The number of nitrogens with two attached hydrogens (primary N) is 1. The first kappa shape index (κ1) is 15.4. The van der Waals surface area contributed by atoms with Crippen molar-refractivity contribution in [3.63, 3.8) is 0 Å². The molecular formula is C17H20N4O2S. The molecule has 0 radical (unpaired) electrons. The quantitative estimate of drug-likeness (QED) is 0.773. The second-order valence-corrected chi connectivity index (χ2v) is 7.61. The summed E-state index contributed by atoms with van der Waals surface area (Å²) in [5, 5.41) is 0. The molecule has 7 heteroatoms. The molecule has 1 aliphatic carbocycles. The van der Waals surface area contributed by atoms with E-state index in [0.717, 1.165) is 17.7 Å². The number of amides is 1. The van der Waals surface area contributed by atoms with Crippen molar-refractivity contribution in [3.8, 4) is 0 Å². The minimum Gasteiger partial charge on any atom is -0.369 e. The van der Waals surface area contributed by atoms with Gasteiger partial charge in [0.2, 0.25) is 5.95 Å².